The molecule has 1 heterocycles. The zero-order valence-electron chi connectivity index (χ0n) is 15.8. The van der Waals surface area contributed by atoms with Crippen molar-refractivity contribution in [2.24, 2.45) is 0 Å². The minimum atomic E-state index is -0.495. The lowest BCUT2D eigenvalue weighted by atomic mass is 10.1. The zero-order chi connectivity index (χ0) is 19.9. The van der Waals surface area contributed by atoms with Gasteiger partial charge < -0.3 is 14.1 Å². The van der Waals surface area contributed by atoms with Gasteiger partial charge in [-0.15, -0.1) is 10.2 Å². The summed E-state index contributed by atoms with van der Waals surface area (Å²) in [5.41, 5.74) is 2.69. The topological polar surface area (TPSA) is 85.5 Å². The van der Waals surface area contributed by atoms with Crippen molar-refractivity contribution in [3.63, 3.8) is 0 Å². The number of hydrogen-bond donors (Lipinski definition) is 0. The van der Waals surface area contributed by atoms with Gasteiger partial charge in [-0.2, -0.15) is 0 Å². The van der Waals surface area contributed by atoms with Crippen LogP contribution in [0.4, 0.5) is 5.69 Å². The number of ether oxygens (including phenoxy) is 1. The maximum atomic E-state index is 12.1. The largest absolute Gasteiger partial charge is 0.456 e. The van der Waals surface area contributed by atoms with Crippen LogP contribution in [0, 0.1) is 6.92 Å². The Morgan fingerprint density at radius 3 is 2.46 bits per heavy atom. The highest BCUT2D eigenvalue weighted by Gasteiger charge is 2.15. The second kappa shape index (κ2) is 8.94. The molecule has 3 aromatic rings. The van der Waals surface area contributed by atoms with Crippen LogP contribution in [0.3, 0.4) is 0 Å². The molecule has 0 fully saturated rings. The summed E-state index contributed by atoms with van der Waals surface area (Å²) >= 11 is 0. The van der Waals surface area contributed by atoms with Crippen LogP contribution in [-0.4, -0.2) is 35.7 Å². The number of likely N-dealkylation sites (N-methyl/N-ethyl adjacent to an activating group) is 1. The van der Waals surface area contributed by atoms with Gasteiger partial charge in [-0.25, -0.2) is 0 Å². The highest BCUT2D eigenvalue weighted by Crippen LogP contribution is 2.18. The Morgan fingerprint density at radius 1 is 1.04 bits per heavy atom. The van der Waals surface area contributed by atoms with Crippen molar-refractivity contribution in [1.82, 2.24) is 10.2 Å². The summed E-state index contributed by atoms with van der Waals surface area (Å²) in [6.45, 7) is 1.68. The Balaban J connectivity index is 1.46. The summed E-state index contributed by atoms with van der Waals surface area (Å²) in [7, 11) is 1.64. The Bertz CT molecular complexity index is 936. The minimum absolute atomic E-state index is 0.0534. The molecule has 0 radical (unpaired) electrons. The Hall–Kier alpha value is -3.48. The van der Waals surface area contributed by atoms with Crippen LogP contribution in [0.5, 0.6) is 0 Å². The lowest BCUT2D eigenvalue weighted by Gasteiger charge is -2.16. The third kappa shape index (κ3) is 5.03. The van der Waals surface area contributed by atoms with Crippen LogP contribution < -0.4 is 4.90 Å². The van der Waals surface area contributed by atoms with Crippen LogP contribution >= 0.6 is 0 Å². The van der Waals surface area contributed by atoms with Crippen LogP contribution in [0.1, 0.15) is 17.9 Å². The molecule has 7 nitrogen and oxygen atoms in total. The molecule has 0 aliphatic rings. The van der Waals surface area contributed by atoms with Gasteiger partial charge in [0.1, 0.15) is 0 Å². The SMILES string of the molecule is Cc1ccc(-c2nnc(CCC(=O)OCC(=O)N(C)c3ccccc3)o2)cc1. The van der Waals surface area contributed by atoms with E-state index < -0.39 is 5.97 Å². The molecule has 28 heavy (non-hydrogen) atoms. The normalized spacial score (nSPS) is 10.5. The maximum absolute atomic E-state index is 12.1. The molecule has 0 saturated heterocycles. The summed E-state index contributed by atoms with van der Waals surface area (Å²) in [6, 6.07) is 16.9. The number of amides is 1. The van der Waals surface area contributed by atoms with E-state index in [2.05, 4.69) is 10.2 Å². The van der Waals surface area contributed by atoms with Crippen molar-refractivity contribution in [3.05, 3.63) is 66.1 Å². The molecule has 7 heteroatoms. The third-order valence-electron chi connectivity index (χ3n) is 4.18. The number of anilines is 1. The number of carbonyl (C=O) groups excluding carboxylic acids is 2. The summed E-state index contributed by atoms with van der Waals surface area (Å²) in [4.78, 5) is 25.5. The van der Waals surface area contributed by atoms with E-state index in [1.165, 1.54) is 4.90 Å². The average molecular weight is 379 g/mol. The summed E-state index contributed by atoms with van der Waals surface area (Å²) < 4.78 is 10.6. The van der Waals surface area contributed by atoms with Crippen LogP contribution in [-0.2, 0) is 20.7 Å². The Kier molecular flexibility index (Phi) is 6.16. The van der Waals surface area contributed by atoms with Crippen molar-refractivity contribution >= 4 is 17.6 Å². The van der Waals surface area contributed by atoms with Gasteiger partial charge >= 0.3 is 5.97 Å². The van der Waals surface area contributed by atoms with Gasteiger partial charge in [0.25, 0.3) is 5.91 Å². The molecule has 0 bridgehead atoms. The number of carbonyl (C=O) groups is 2. The van der Waals surface area contributed by atoms with Crippen molar-refractivity contribution in [2.75, 3.05) is 18.6 Å². The lowest BCUT2D eigenvalue weighted by molar-refractivity contribution is -0.147. The van der Waals surface area contributed by atoms with Gasteiger partial charge in [0.15, 0.2) is 6.61 Å². The fourth-order valence-electron chi connectivity index (χ4n) is 2.48. The molecule has 0 N–H and O–H groups in total. The highest BCUT2D eigenvalue weighted by atomic mass is 16.5. The smallest absolute Gasteiger partial charge is 0.306 e. The van der Waals surface area contributed by atoms with Gasteiger partial charge in [0.05, 0.1) is 6.42 Å². The fraction of sp³-hybridized carbons (Fsp3) is 0.238. The first-order valence-electron chi connectivity index (χ1n) is 8.89. The molecule has 0 spiro atoms. The first-order chi connectivity index (χ1) is 13.5. The summed E-state index contributed by atoms with van der Waals surface area (Å²) in [6.07, 6.45) is 0.304. The predicted molar refractivity (Wildman–Crippen MR) is 104 cm³/mol. The molecule has 0 unspecified atom stereocenters. The van der Waals surface area contributed by atoms with Crippen molar-refractivity contribution in [1.29, 1.82) is 0 Å². The number of aromatic nitrogens is 2. The number of aryl methyl sites for hydroxylation is 2. The van der Waals surface area contributed by atoms with E-state index in [4.69, 9.17) is 9.15 Å². The number of esters is 1. The average Bonchev–Trinajstić information content (AvgIpc) is 3.20. The Labute approximate surface area is 162 Å². The molecule has 2 aromatic carbocycles. The maximum Gasteiger partial charge on any atom is 0.306 e. The number of hydrogen-bond acceptors (Lipinski definition) is 6. The molecular weight excluding hydrogens is 358 g/mol. The molecule has 3 rings (SSSR count). The summed E-state index contributed by atoms with van der Waals surface area (Å²) in [5.74, 6) is -0.0489. The molecule has 1 aromatic heterocycles. The zero-order valence-corrected chi connectivity index (χ0v) is 15.8. The minimum Gasteiger partial charge on any atom is -0.456 e. The van der Waals surface area contributed by atoms with Crippen molar-refractivity contribution < 1.29 is 18.7 Å². The van der Waals surface area contributed by atoms with E-state index in [1.54, 1.807) is 19.2 Å². The van der Waals surface area contributed by atoms with E-state index in [-0.39, 0.29) is 25.4 Å². The third-order valence-corrected chi connectivity index (χ3v) is 4.18. The number of para-hydroxylation sites is 1. The lowest BCUT2D eigenvalue weighted by Crippen LogP contribution is -2.31. The van der Waals surface area contributed by atoms with Crippen LogP contribution in [0.25, 0.3) is 11.5 Å². The van der Waals surface area contributed by atoms with Gasteiger partial charge in [-0.3, -0.25) is 9.59 Å². The number of nitrogens with zero attached hydrogens (tertiary/aromatic N) is 3. The van der Waals surface area contributed by atoms with Gasteiger partial charge in [-0.1, -0.05) is 35.9 Å². The van der Waals surface area contributed by atoms with Crippen molar-refractivity contribution in [3.8, 4) is 11.5 Å². The molecule has 144 valence electrons. The standard InChI is InChI=1S/C21H21N3O4/c1-15-8-10-16(11-9-15)21-23-22-18(28-21)12-13-20(26)27-14-19(25)24(2)17-6-4-3-5-7-17/h3-11H,12-14H2,1-2H3. The number of rotatable bonds is 7. The molecule has 1 amide bonds. The fourth-order valence-corrected chi connectivity index (χ4v) is 2.48. The number of benzene rings is 2. The monoisotopic (exact) mass is 379 g/mol. The quantitative estimate of drug-likeness (QED) is 0.586. The predicted octanol–water partition coefficient (Wildman–Crippen LogP) is 3.18. The molecular formula is C21H21N3O4. The van der Waals surface area contributed by atoms with E-state index >= 15 is 0 Å². The first kappa shape index (κ1) is 19.3. The van der Waals surface area contributed by atoms with Gasteiger partial charge in [0.2, 0.25) is 11.8 Å². The van der Waals surface area contributed by atoms with Gasteiger partial charge in [0, 0.05) is 24.7 Å². The molecule has 0 atom stereocenters. The van der Waals surface area contributed by atoms with Gasteiger partial charge in [-0.05, 0) is 31.2 Å². The molecule has 0 saturated carbocycles. The van der Waals surface area contributed by atoms with Crippen LogP contribution in [0.15, 0.2) is 59.0 Å². The van der Waals surface area contributed by atoms with Crippen molar-refractivity contribution in [2.45, 2.75) is 19.8 Å². The molecule has 0 aliphatic heterocycles. The Morgan fingerprint density at radius 2 is 1.75 bits per heavy atom. The molecule has 0 aliphatic carbocycles. The van der Waals surface area contributed by atoms with E-state index in [9.17, 15) is 9.59 Å². The second-order valence-corrected chi connectivity index (χ2v) is 6.32. The van der Waals surface area contributed by atoms with E-state index in [0.29, 0.717) is 11.8 Å². The van der Waals surface area contributed by atoms with E-state index in [0.717, 1.165) is 16.8 Å². The highest BCUT2D eigenvalue weighted by molar-refractivity contribution is 5.94. The van der Waals surface area contributed by atoms with Crippen LogP contribution in [0.2, 0.25) is 0 Å². The first-order valence-corrected chi connectivity index (χ1v) is 8.89. The summed E-state index contributed by atoms with van der Waals surface area (Å²) in [5, 5.41) is 7.95. The second-order valence-electron chi connectivity index (χ2n) is 6.32. The van der Waals surface area contributed by atoms with E-state index in [1.807, 2.05) is 49.4 Å².